The van der Waals surface area contributed by atoms with Crippen molar-refractivity contribution in [3.63, 3.8) is 0 Å². The molecule has 3 rings (SSSR count). The Labute approximate surface area is 163 Å². The van der Waals surface area contributed by atoms with Gasteiger partial charge in [0.2, 0.25) is 11.8 Å². The Morgan fingerprint density at radius 1 is 1.32 bits per heavy atom. The van der Waals surface area contributed by atoms with Crippen LogP contribution in [0, 0.1) is 5.92 Å². The second kappa shape index (κ2) is 7.46. The van der Waals surface area contributed by atoms with E-state index >= 15 is 0 Å². The fourth-order valence-electron chi connectivity index (χ4n) is 3.22. The van der Waals surface area contributed by atoms with Crippen LogP contribution < -0.4 is 10.2 Å². The van der Waals surface area contributed by atoms with Crippen LogP contribution in [-0.4, -0.2) is 39.2 Å². The maximum absolute atomic E-state index is 12.6. The van der Waals surface area contributed by atoms with E-state index in [-0.39, 0.29) is 18.2 Å². The third kappa shape index (κ3) is 3.62. The summed E-state index contributed by atoms with van der Waals surface area (Å²) in [7, 11) is 0. The molecule has 0 bridgehead atoms. The summed E-state index contributed by atoms with van der Waals surface area (Å²) in [5.41, 5.74) is 1.09. The number of nitrogens with zero attached hydrogens (tertiary/aromatic N) is 3. The van der Waals surface area contributed by atoms with Gasteiger partial charge in [0.1, 0.15) is 0 Å². The molecule has 0 spiro atoms. The molecule has 1 fully saturated rings. The van der Waals surface area contributed by atoms with Crippen molar-refractivity contribution < 1.29 is 19.5 Å². The van der Waals surface area contributed by atoms with E-state index in [0.717, 1.165) is 17.7 Å². The van der Waals surface area contributed by atoms with E-state index in [1.165, 1.54) is 30.9 Å². The SMILES string of the molecule is CCc1ccccc1N1CC(C(=O)Nc2cnn(C(C)(C)C(=O)O)c2)CC1=O. The molecule has 28 heavy (non-hydrogen) atoms. The van der Waals surface area contributed by atoms with E-state index in [0.29, 0.717) is 12.2 Å². The number of carboxylic acid groups (broad SMARTS) is 1. The highest BCUT2D eigenvalue weighted by Crippen LogP contribution is 2.29. The Bertz CT molecular complexity index is 918. The van der Waals surface area contributed by atoms with Gasteiger partial charge in [-0.1, -0.05) is 25.1 Å². The first-order chi connectivity index (χ1) is 13.2. The first kappa shape index (κ1) is 19.6. The minimum absolute atomic E-state index is 0.0799. The Kier molecular flexibility index (Phi) is 5.22. The maximum Gasteiger partial charge on any atom is 0.331 e. The van der Waals surface area contributed by atoms with Crippen LogP contribution in [0.25, 0.3) is 0 Å². The molecule has 1 saturated heterocycles. The zero-order valence-electron chi connectivity index (χ0n) is 16.2. The fraction of sp³-hybridized carbons (Fsp3) is 0.400. The molecule has 2 N–H and O–H groups in total. The van der Waals surface area contributed by atoms with E-state index in [2.05, 4.69) is 10.4 Å². The van der Waals surface area contributed by atoms with Gasteiger partial charge in [-0.05, 0) is 31.9 Å². The van der Waals surface area contributed by atoms with Crippen LogP contribution in [0.15, 0.2) is 36.7 Å². The zero-order valence-corrected chi connectivity index (χ0v) is 16.2. The minimum atomic E-state index is -1.23. The van der Waals surface area contributed by atoms with Crippen molar-refractivity contribution in [2.45, 2.75) is 39.2 Å². The van der Waals surface area contributed by atoms with Crippen LogP contribution in [-0.2, 0) is 26.3 Å². The number of carboxylic acids is 1. The number of anilines is 2. The number of benzene rings is 1. The molecule has 0 aliphatic carbocycles. The van der Waals surface area contributed by atoms with Crippen molar-refractivity contribution in [2.24, 2.45) is 5.92 Å². The van der Waals surface area contributed by atoms with Gasteiger partial charge in [-0.15, -0.1) is 0 Å². The van der Waals surface area contributed by atoms with Gasteiger partial charge >= 0.3 is 5.97 Å². The number of carbonyl (C=O) groups is 3. The molecule has 1 atom stereocenters. The number of aromatic nitrogens is 2. The lowest BCUT2D eigenvalue weighted by molar-refractivity contribution is -0.146. The van der Waals surface area contributed by atoms with Crippen molar-refractivity contribution in [3.8, 4) is 0 Å². The Morgan fingerprint density at radius 3 is 2.71 bits per heavy atom. The highest BCUT2D eigenvalue weighted by Gasteiger charge is 2.36. The number of hydrogen-bond donors (Lipinski definition) is 2. The molecule has 2 aromatic rings. The monoisotopic (exact) mass is 384 g/mol. The summed E-state index contributed by atoms with van der Waals surface area (Å²) >= 11 is 0. The predicted molar refractivity (Wildman–Crippen MR) is 104 cm³/mol. The largest absolute Gasteiger partial charge is 0.479 e. The average molecular weight is 384 g/mol. The van der Waals surface area contributed by atoms with Crippen LogP contribution >= 0.6 is 0 Å². The van der Waals surface area contributed by atoms with Crippen LogP contribution in [0.5, 0.6) is 0 Å². The molecule has 8 heteroatoms. The second-order valence-corrected chi connectivity index (χ2v) is 7.41. The Hall–Kier alpha value is -3.16. The molecule has 1 unspecified atom stereocenters. The molecule has 1 aliphatic heterocycles. The topological polar surface area (TPSA) is 105 Å². The number of amides is 2. The molecule has 0 saturated carbocycles. The highest BCUT2D eigenvalue weighted by atomic mass is 16.4. The van der Waals surface area contributed by atoms with E-state index in [1.807, 2.05) is 31.2 Å². The van der Waals surface area contributed by atoms with Gasteiger partial charge in [-0.2, -0.15) is 5.10 Å². The van der Waals surface area contributed by atoms with Crippen molar-refractivity contribution >= 4 is 29.2 Å². The summed E-state index contributed by atoms with van der Waals surface area (Å²) < 4.78 is 1.29. The normalized spacial score (nSPS) is 17.0. The standard InChI is InChI=1S/C20H24N4O4/c1-4-13-7-5-6-8-16(13)23-11-14(9-17(23)25)18(26)22-15-10-21-24(12-15)20(2,3)19(27)28/h5-8,10,12,14H,4,9,11H2,1-3H3,(H,22,26)(H,27,28). The number of aliphatic carboxylic acids is 1. The Balaban J connectivity index is 1.70. The molecular weight excluding hydrogens is 360 g/mol. The van der Waals surface area contributed by atoms with Crippen molar-refractivity contribution in [2.75, 3.05) is 16.8 Å². The van der Waals surface area contributed by atoms with Gasteiger partial charge < -0.3 is 15.3 Å². The maximum atomic E-state index is 12.6. The van der Waals surface area contributed by atoms with Crippen LogP contribution in [0.3, 0.4) is 0 Å². The van der Waals surface area contributed by atoms with Crippen LogP contribution in [0.4, 0.5) is 11.4 Å². The third-order valence-corrected chi connectivity index (χ3v) is 5.11. The van der Waals surface area contributed by atoms with E-state index < -0.39 is 17.4 Å². The first-order valence-electron chi connectivity index (χ1n) is 9.21. The molecule has 1 aromatic heterocycles. The molecular formula is C20H24N4O4. The number of rotatable bonds is 6. The molecule has 2 amide bonds. The lowest BCUT2D eigenvalue weighted by Crippen LogP contribution is -2.36. The molecule has 1 aromatic carbocycles. The summed E-state index contributed by atoms with van der Waals surface area (Å²) in [6, 6.07) is 7.70. The average Bonchev–Trinajstić information content (AvgIpc) is 3.28. The van der Waals surface area contributed by atoms with Gasteiger partial charge in [0.15, 0.2) is 5.54 Å². The van der Waals surface area contributed by atoms with Gasteiger partial charge in [-0.25, -0.2) is 4.79 Å². The summed E-state index contributed by atoms with van der Waals surface area (Å²) in [6.45, 7) is 5.38. The molecule has 148 valence electrons. The van der Waals surface area contributed by atoms with E-state index in [9.17, 15) is 19.5 Å². The van der Waals surface area contributed by atoms with Crippen molar-refractivity contribution in [3.05, 3.63) is 42.2 Å². The van der Waals surface area contributed by atoms with Gasteiger partial charge in [0, 0.05) is 24.8 Å². The second-order valence-electron chi connectivity index (χ2n) is 7.41. The number of aryl methyl sites for hydroxylation is 1. The lowest BCUT2D eigenvalue weighted by Gasteiger charge is -2.20. The molecule has 2 heterocycles. The van der Waals surface area contributed by atoms with Crippen molar-refractivity contribution in [1.82, 2.24) is 9.78 Å². The molecule has 1 aliphatic rings. The van der Waals surface area contributed by atoms with Crippen molar-refractivity contribution in [1.29, 1.82) is 0 Å². The predicted octanol–water partition coefficient (Wildman–Crippen LogP) is 2.26. The fourth-order valence-corrected chi connectivity index (χ4v) is 3.22. The number of nitrogens with one attached hydrogen (secondary N) is 1. The van der Waals surface area contributed by atoms with Gasteiger partial charge in [0.25, 0.3) is 0 Å². The van der Waals surface area contributed by atoms with Crippen LogP contribution in [0.2, 0.25) is 0 Å². The Morgan fingerprint density at radius 2 is 2.04 bits per heavy atom. The number of para-hydroxylation sites is 1. The summed E-state index contributed by atoms with van der Waals surface area (Å²) in [5, 5.41) is 16.1. The first-order valence-corrected chi connectivity index (χ1v) is 9.21. The van der Waals surface area contributed by atoms with Gasteiger partial charge in [-0.3, -0.25) is 14.3 Å². The minimum Gasteiger partial charge on any atom is -0.479 e. The van der Waals surface area contributed by atoms with E-state index in [4.69, 9.17) is 0 Å². The van der Waals surface area contributed by atoms with E-state index in [1.54, 1.807) is 4.90 Å². The summed E-state index contributed by atoms with van der Waals surface area (Å²) in [5.74, 6) is -1.87. The zero-order chi connectivity index (χ0) is 20.5. The quantitative estimate of drug-likeness (QED) is 0.795. The smallest absolute Gasteiger partial charge is 0.331 e. The number of carbonyl (C=O) groups excluding carboxylic acids is 2. The van der Waals surface area contributed by atoms with Gasteiger partial charge in [0.05, 0.1) is 17.8 Å². The molecule has 0 radical (unpaired) electrons. The number of hydrogen-bond acceptors (Lipinski definition) is 4. The lowest BCUT2D eigenvalue weighted by atomic mass is 10.1. The highest BCUT2D eigenvalue weighted by molar-refractivity contribution is 6.03. The molecule has 8 nitrogen and oxygen atoms in total. The van der Waals surface area contributed by atoms with Crippen LogP contribution in [0.1, 0.15) is 32.8 Å². The summed E-state index contributed by atoms with van der Waals surface area (Å²) in [6.07, 6.45) is 3.82. The third-order valence-electron chi connectivity index (χ3n) is 5.11. The summed E-state index contributed by atoms with van der Waals surface area (Å²) in [4.78, 5) is 38.1.